The van der Waals surface area contributed by atoms with E-state index in [0.717, 1.165) is 28.8 Å². The van der Waals surface area contributed by atoms with Crippen molar-refractivity contribution in [1.29, 1.82) is 0 Å². The van der Waals surface area contributed by atoms with Crippen LogP contribution in [0.25, 0.3) is 22.2 Å². The van der Waals surface area contributed by atoms with Gasteiger partial charge in [0.2, 0.25) is 5.95 Å². The summed E-state index contributed by atoms with van der Waals surface area (Å²) in [6.07, 6.45) is 8.56. The lowest BCUT2D eigenvalue weighted by atomic mass is 9.91. The Labute approximate surface area is 263 Å². The largest absolute Gasteiger partial charge is 0.494 e. The number of morpholine rings is 1. The summed E-state index contributed by atoms with van der Waals surface area (Å²) in [5.74, 6) is 1.49. The lowest BCUT2D eigenvalue weighted by Crippen LogP contribution is -2.34. The van der Waals surface area contributed by atoms with Crippen LogP contribution in [0.5, 0.6) is 5.75 Å². The first-order valence-electron chi connectivity index (χ1n) is 14.0. The van der Waals surface area contributed by atoms with Crippen molar-refractivity contribution >= 4 is 62.6 Å². The van der Waals surface area contributed by atoms with Gasteiger partial charge in [0, 0.05) is 50.5 Å². The van der Waals surface area contributed by atoms with Crippen molar-refractivity contribution in [3.05, 3.63) is 64.8 Å². The third-order valence-corrected chi connectivity index (χ3v) is 9.54. The normalized spacial score (nSPS) is 15.4. The van der Waals surface area contributed by atoms with Crippen LogP contribution in [0, 0.1) is 6.92 Å². The van der Waals surface area contributed by atoms with Crippen LogP contribution in [0.1, 0.15) is 17.2 Å². The molecule has 0 spiro atoms. The zero-order valence-electron chi connectivity index (χ0n) is 25.1. The van der Waals surface area contributed by atoms with Crippen molar-refractivity contribution < 1.29 is 14.0 Å². The zero-order valence-corrected chi connectivity index (χ0v) is 27.5. The number of aromatic nitrogens is 6. The van der Waals surface area contributed by atoms with Crippen molar-refractivity contribution in [2.75, 3.05) is 50.8 Å². The molecule has 3 N–H and O–H groups in total. The SMILES string of the molecule is COc1c(Nc2ncc(Br)c(Nc3ccc4nccnc4c3P(C)(C)=O)n2)cc(-c2cnn(C)c2)c(C2CNCCO2)c1C. The lowest BCUT2D eigenvalue weighted by Gasteiger charge is -2.29. The summed E-state index contributed by atoms with van der Waals surface area (Å²) < 4.78 is 28.0. The monoisotopic (exact) mass is 677 g/mol. The van der Waals surface area contributed by atoms with E-state index in [1.807, 2.05) is 44.6 Å². The van der Waals surface area contributed by atoms with Crippen LogP contribution in [-0.2, 0) is 16.3 Å². The van der Waals surface area contributed by atoms with Crippen LogP contribution in [0.2, 0.25) is 0 Å². The van der Waals surface area contributed by atoms with Gasteiger partial charge >= 0.3 is 0 Å². The molecular formula is C30H33BrN9O3P. The molecule has 1 saturated heterocycles. The highest BCUT2D eigenvalue weighted by molar-refractivity contribution is 9.10. The minimum absolute atomic E-state index is 0.143. The Morgan fingerprint density at radius 2 is 1.95 bits per heavy atom. The number of hydrogen-bond donors (Lipinski definition) is 3. The van der Waals surface area contributed by atoms with Crippen molar-refractivity contribution in [3.63, 3.8) is 0 Å². The van der Waals surface area contributed by atoms with Gasteiger partial charge in [-0.15, -0.1) is 0 Å². The van der Waals surface area contributed by atoms with Crippen LogP contribution in [-0.4, -0.2) is 69.9 Å². The number of aryl methyl sites for hydroxylation is 1. The van der Waals surface area contributed by atoms with Gasteiger partial charge in [0.15, 0.2) is 0 Å². The first-order valence-corrected chi connectivity index (χ1v) is 17.4. The fourth-order valence-corrected chi connectivity index (χ4v) is 7.25. The van der Waals surface area contributed by atoms with E-state index in [9.17, 15) is 4.57 Å². The molecule has 1 aliphatic heterocycles. The predicted octanol–water partition coefficient (Wildman–Crippen LogP) is 5.30. The number of methoxy groups -OCH3 is 1. The minimum atomic E-state index is -2.76. The Balaban J connectivity index is 1.41. The molecule has 5 aromatic rings. The van der Waals surface area contributed by atoms with Gasteiger partial charge in [0.05, 0.1) is 52.7 Å². The van der Waals surface area contributed by atoms with Gasteiger partial charge in [0.1, 0.15) is 24.2 Å². The van der Waals surface area contributed by atoms with Gasteiger partial charge in [-0.2, -0.15) is 10.1 Å². The zero-order chi connectivity index (χ0) is 31.0. The van der Waals surface area contributed by atoms with Crippen LogP contribution >= 0.6 is 23.1 Å². The number of rotatable bonds is 8. The molecule has 44 heavy (non-hydrogen) atoms. The van der Waals surface area contributed by atoms with E-state index in [4.69, 9.17) is 14.5 Å². The van der Waals surface area contributed by atoms with Crippen molar-refractivity contribution in [1.82, 2.24) is 35.0 Å². The molecule has 1 atom stereocenters. The Hall–Kier alpha value is -3.90. The molecule has 228 valence electrons. The molecule has 14 heteroatoms. The molecule has 1 aliphatic rings. The van der Waals surface area contributed by atoms with Crippen LogP contribution in [0.15, 0.2) is 53.7 Å². The molecule has 4 heterocycles. The number of benzene rings is 2. The molecule has 2 aromatic carbocycles. The fourth-order valence-electron chi connectivity index (χ4n) is 5.57. The smallest absolute Gasteiger partial charge is 0.229 e. The number of ether oxygens (including phenoxy) is 2. The van der Waals surface area contributed by atoms with Gasteiger partial charge in [-0.05, 0) is 71.1 Å². The summed E-state index contributed by atoms with van der Waals surface area (Å²) in [6, 6.07) is 5.72. The molecule has 3 aromatic heterocycles. The molecular weight excluding hydrogens is 645 g/mol. The van der Waals surface area contributed by atoms with Crippen LogP contribution < -0.4 is 26.0 Å². The van der Waals surface area contributed by atoms with Gasteiger partial charge in [-0.1, -0.05) is 0 Å². The van der Waals surface area contributed by atoms with Gasteiger partial charge in [0.25, 0.3) is 0 Å². The Morgan fingerprint density at radius 3 is 2.66 bits per heavy atom. The third kappa shape index (κ3) is 5.92. The van der Waals surface area contributed by atoms with Gasteiger partial charge in [-0.3, -0.25) is 14.6 Å². The summed E-state index contributed by atoms with van der Waals surface area (Å²) in [5, 5.41) is 15.2. The molecule has 12 nitrogen and oxygen atoms in total. The summed E-state index contributed by atoms with van der Waals surface area (Å²) in [7, 11) is 0.778. The summed E-state index contributed by atoms with van der Waals surface area (Å²) in [5.41, 5.74) is 6.52. The molecule has 0 amide bonds. The number of hydrogen-bond acceptors (Lipinski definition) is 11. The topological polar surface area (TPSA) is 141 Å². The Bertz CT molecular complexity index is 1900. The number of fused-ring (bicyclic) bond motifs is 1. The first kappa shape index (κ1) is 30.1. The Morgan fingerprint density at radius 1 is 1.14 bits per heavy atom. The highest BCUT2D eigenvalue weighted by Crippen LogP contribution is 2.44. The summed E-state index contributed by atoms with van der Waals surface area (Å²) >= 11 is 3.57. The van der Waals surface area contributed by atoms with E-state index in [0.29, 0.717) is 62.9 Å². The van der Waals surface area contributed by atoms with E-state index < -0.39 is 7.14 Å². The van der Waals surface area contributed by atoms with E-state index in [-0.39, 0.29) is 6.10 Å². The standard InChI is InChI=1S/C30H33BrN9O3P/c1-17-25(24-15-32-10-11-43-24)19(18-13-36-40(2)16-18)12-23(27(17)42-3)38-30-35-14-20(31)29(39-30)37-22-7-6-21-26(34-9-8-33-21)28(22)44(4,5)41/h6-9,12-14,16,24,32H,10-11,15H2,1-5H3,(H2,35,37,38,39). The van der Waals surface area contributed by atoms with E-state index in [1.54, 1.807) is 43.7 Å². The maximum Gasteiger partial charge on any atom is 0.229 e. The van der Waals surface area contributed by atoms with Crippen molar-refractivity contribution in [3.8, 4) is 16.9 Å². The van der Waals surface area contributed by atoms with E-state index >= 15 is 0 Å². The Kier molecular flexibility index (Phi) is 8.38. The molecule has 0 radical (unpaired) electrons. The van der Waals surface area contributed by atoms with Gasteiger partial charge in [-0.25, -0.2) is 4.98 Å². The minimum Gasteiger partial charge on any atom is -0.494 e. The fraction of sp³-hybridized carbons (Fsp3) is 0.300. The molecule has 6 rings (SSSR count). The molecule has 0 aliphatic carbocycles. The molecule has 1 fully saturated rings. The van der Waals surface area contributed by atoms with Crippen LogP contribution in [0.3, 0.4) is 0 Å². The molecule has 0 saturated carbocycles. The summed E-state index contributed by atoms with van der Waals surface area (Å²) in [6.45, 7) is 7.60. The quantitative estimate of drug-likeness (QED) is 0.184. The number of anilines is 4. The second-order valence-corrected chi connectivity index (χ2v) is 14.9. The first-order chi connectivity index (χ1) is 21.1. The van der Waals surface area contributed by atoms with Gasteiger partial charge < -0.3 is 30.0 Å². The van der Waals surface area contributed by atoms with E-state index in [1.165, 1.54) is 0 Å². The highest BCUT2D eigenvalue weighted by atomic mass is 79.9. The van der Waals surface area contributed by atoms with Crippen molar-refractivity contribution in [2.24, 2.45) is 7.05 Å². The number of halogens is 1. The molecule has 1 unspecified atom stereocenters. The average molecular weight is 679 g/mol. The lowest BCUT2D eigenvalue weighted by molar-refractivity contribution is 0.0275. The van der Waals surface area contributed by atoms with Crippen molar-refractivity contribution in [2.45, 2.75) is 13.0 Å². The summed E-state index contributed by atoms with van der Waals surface area (Å²) in [4.78, 5) is 18.2. The maximum atomic E-state index is 13.4. The average Bonchev–Trinajstić information content (AvgIpc) is 3.44. The molecule has 0 bridgehead atoms. The number of nitrogens with one attached hydrogen (secondary N) is 3. The predicted molar refractivity (Wildman–Crippen MR) is 176 cm³/mol. The third-order valence-electron chi connectivity index (χ3n) is 7.43. The highest BCUT2D eigenvalue weighted by Gasteiger charge is 2.27. The second kappa shape index (κ2) is 12.2. The maximum absolute atomic E-state index is 13.4. The number of nitrogens with zero attached hydrogens (tertiary/aromatic N) is 6. The van der Waals surface area contributed by atoms with E-state index in [2.05, 4.69) is 51.9 Å². The van der Waals surface area contributed by atoms with Crippen LogP contribution in [0.4, 0.5) is 23.1 Å². The second-order valence-electron chi connectivity index (χ2n) is 10.9.